The maximum atomic E-state index is 13.1. The molecule has 196 valence electrons. The van der Waals surface area contributed by atoms with E-state index in [4.69, 9.17) is 21.3 Å². The van der Waals surface area contributed by atoms with Crippen LogP contribution < -0.4 is 15.4 Å². The van der Waals surface area contributed by atoms with Crippen LogP contribution in [0, 0.1) is 0 Å². The van der Waals surface area contributed by atoms with Crippen molar-refractivity contribution < 1.29 is 14.3 Å². The molecule has 0 saturated carbocycles. The van der Waals surface area contributed by atoms with Crippen molar-refractivity contribution in [2.24, 2.45) is 4.99 Å². The van der Waals surface area contributed by atoms with Crippen molar-refractivity contribution in [1.29, 1.82) is 0 Å². The van der Waals surface area contributed by atoms with Gasteiger partial charge >= 0.3 is 0 Å². The van der Waals surface area contributed by atoms with E-state index < -0.39 is 5.92 Å². The molecule has 1 fully saturated rings. The van der Waals surface area contributed by atoms with Crippen LogP contribution in [0.15, 0.2) is 71.7 Å². The lowest BCUT2D eigenvalue weighted by atomic mass is 9.90. The molecule has 2 aliphatic rings. The van der Waals surface area contributed by atoms with E-state index >= 15 is 0 Å². The lowest BCUT2D eigenvalue weighted by Gasteiger charge is -2.31. The number of methoxy groups -OCH3 is 1. The second kappa shape index (κ2) is 11.3. The van der Waals surface area contributed by atoms with Crippen molar-refractivity contribution in [3.8, 4) is 5.75 Å². The smallest absolute Gasteiger partial charge is 0.238 e. The molecule has 8 nitrogen and oxygen atoms in total. The third-order valence-electron chi connectivity index (χ3n) is 6.86. The SMILES string of the molecule is COc1cc(N=C(c2ccccc2)C2C(=O)Nc3cc(Cl)ccc32)ccc1NC(=O)CN1CCN(C)CC1. The number of carbonyl (C=O) groups excluding carboxylic acids is 2. The van der Waals surface area contributed by atoms with Gasteiger partial charge in [-0.2, -0.15) is 0 Å². The van der Waals surface area contributed by atoms with Gasteiger partial charge in [0.25, 0.3) is 0 Å². The number of rotatable bonds is 7. The van der Waals surface area contributed by atoms with Gasteiger partial charge in [0.15, 0.2) is 0 Å². The lowest BCUT2D eigenvalue weighted by molar-refractivity contribution is -0.118. The molecule has 2 amide bonds. The molecule has 0 bridgehead atoms. The molecule has 5 rings (SSSR count). The average Bonchev–Trinajstić information content (AvgIpc) is 3.24. The van der Waals surface area contributed by atoms with E-state index in [1.807, 2.05) is 42.5 Å². The molecule has 0 spiro atoms. The van der Waals surface area contributed by atoms with Crippen molar-refractivity contribution in [1.82, 2.24) is 9.80 Å². The van der Waals surface area contributed by atoms with Crippen LogP contribution >= 0.6 is 11.6 Å². The van der Waals surface area contributed by atoms with Gasteiger partial charge in [-0.25, -0.2) is 0 Å². The summed E-state index contributed by atoms with van der Waals surface area (Å²) in [6.45, 7) is 3.95. The Bertz CT molecular complexity index is 1370. The summed E-state index contributed by atoms with van der Waals surface area (Å²) in [4.78, 5) is 35.2. The zero-order chi connectivity index (χ0) is 26.6. The molecule has 3 aromatic rings. The number of nitrogens with one attached hydrogen (secondary N) is 2. The third kappa shape index (κ3) is 5.72. The van der Waals surface area contributed by atoms with E-state index in [0.717, 1.165) is 37.3 Å². The van der Waals surface area contributed by atoms with Gasteiger partial charge < -0.3 is 20.3 Å². The van der Waals surface area contributed by atoms with Crippen molar-refractivity contribution in [3.05, 3.63) is 82.9 Å². The first-order valence-electron chi connectivity index (χ1n) is 12.5. The first-order valence-corrected chi connectivity index (χ1v) is 12.9. The standard InChI is InChI=1S/C29H30ClN5O3/c1-34-12-14-35(15-13-34)18-26(36)32-23-11-9-21(17-25(23)38-2)31-28(19-6-4-3-5-7-19)27-22-10-8-20(30)16-24(22)33-29(27)37/h3-11,16-17,27H,12-15,18H2,1-2H3,(H,32,36)(H,33,37). The minimum atomic E-state index is -0.598. The van der Waals surface area contributed by atoms with Crippen LogP contribution in [-0.4, -0.2) is 74.2 Å². The summed E-state index contributed by atoms with van der Waals surface area (Å²) >= 11 is 6.16. The first kappa shape index (κ1) is 25.9. The van der Waals surface area contributed by atoms with Gasteiger partial charge in [-0.1, -0.05) is 48.0 Å². The largest absolute Gasteiger partial charge is 0.494 e. The number of piperazine rings is 1. The predicted octanol–water partition coefficient (Wildman–Crippen LogP) is 4.39. The average molecular weight is 532 g/mol. The van der Waals surface area contributed by atoms with E-state index in [9.17, 15) is 9.59 Å². The summed E-state index contributed by atoms with van der Waals surface area (Å²) in [7, 11) is 3.64. The molecule has 2 aliphatic heterocycles. The summed E-state index contributed by atoms with van der Waals surface area (Å²) in [5.74, 6) is -0.358. The molecule has 3 aromatic carbocycles. The van der Waals surface area contributed by atoms with Gasteiger partial charge in [0.2, 0.25) is 11.8 Å². The van der Waals surface area contributed by atoms with Crippen molar-refractivity contribution in [2.75, 3.05) is 57.5 Å². The van der Waals surface area contributed by atoms with E-state index in [0.29, 0.717) is 40.1 Å². The molecular formula is C29H30ClN5O3. The minimum Gasteiger partial charge on any atom is -0.494 e. The van der Waals surface area contributed by atoms with Gasteiger partial charge in [0, 0.05) is 43.0 Å². The van der Waals surface area contributed by atoms with Crippen molar-refractivity contribution in [3.63, 3.8) is 0 Å². The molecule has 0 aliphatic carbocycles. The van der Waals surface area contributed by atoms with Gasteiger partial charge in [0.05, 0.1) is 30.7 Å². The number of fused-ring (bicyclic) bond motifs is 1. The summed E-state index contributed by atoms with van der Waals surface area (Å²) in [6.07, 6.45) is 0. The maximum Gasteiger partial charge on any atom is 0.238 e. The Morgan fingerprint density at radius 2 is 1.84 bits per heavy atom. The predicted molar refractivity (Wildman–Crippen MR) is 151 cm³/mol. The Morgan fingerprint density at radius 1 is 1.08 bits per heavy atom. The summed E-state index contributed by atoms with van der Waals surface area (Å²) < 4.78 is 5.60. The number of hydrogen-bond donors (Lipinski definition) is 2. The van der Waals surface area contributed by atoms with Crippen LogP contribution in [0.2, 0.25) is 5.02 Å². The maximum absolute atomic E-state index is 13.1. The van der Waals surface area contributed by atoms with Gasteiger partial charge in [-0.3, -0.25) is 19.5 Å². The number of ether oxygens (including phenoxy) is 1. The Morgan fingerprint density at radius 3 is 2.58 bits per heavy atom. The number of benzene rings is 3. The van der Waals surface area contributed by atoms with Crippen LogP contribution in [0.25, 0.3) is 0 Å². The highest BCUT2D eigenvalue weighted by Gasteiger charge is 2.35. The number of carbonyl (C=O) groups is 2. The Labute approximate surface area is 227 Å². The first-order chi connectivity index (χ1) is 18.4. The Kier molecular flexibility index (Phi) is 7.74. The molecule has 2 N–H and O–H groups in total. The fourth-order valence-electron chi connectivity index (χ4n) is 4.80. The number of likely N-dealkylation sites (N-methyl/N-ethyl adjacent to an activating group) is 1. The zero-order valence-electron chi connectivity index (χ0n) is 21.4. The van der Waals surface area contributed by atoms with E-state index in [1.54, 1.807) is 31.4 Å². The summed E-state index contributed by atoms with van der Waals surface area (Å²) in [5.41, 5.74) is 4.13. The van der Waals surface area contributed by atoms with Crippen LogP contribution in [0.1, 0.15) is 17.0 Å². The Balaban J connectivity index is 1.43. The molecule has 1 atom stereocenters. The molecule has 0 radical (unpaired) electrons. The number of aliphatic imine (C=N–C) groups is 1. The van der Waals surface area contributed by atoms with Crippen LogP contribution in [0.4, 0.5) is 17.1 Å². The number of hydrogen-bond acceptors (Lipinski definition) is 6. The number of anilines is 2. The van der Waals surface area contributed by atoms with E-state index in [-0.39, 0.29) is 11.8 Å². The van der Waals surface area contributed by atoms with Gasteiger partial charge in [-0.15, -0.1) is 0 Å². The monoisotopic (exact) mass is 531 g/mol. The molecular weight excluding hydrogens is 502 g/mol. The molecule has 2 heterocycles. The molecule has 1 saturated heterocycles. The number of halogens is 1. The zero-order valence-corrected chi connectivity index (χ0v) is 22.2. The van der Waals surface area contributed by atoms with Gasteiger partial charge in [0.1, 0.15) is 11.7 Å². The summed E-state index contributed by atoms with van der Waals surface area (Å²) in [6, 6.07) is 20.4. The number of nitrogens with zero attached hydrogens (tertiary/aromatic N) is 3. The van der Waals surface area contributed by atoms with Gasteiger partial charge in [-0.05, 0) is 42.4 Å². The molecule has 1 unspecified atom stereocenters. The highest BCUT2D eigenvalue weighted by atomic mass is 35.5. The van der Waals surface area contributed by atoms with Crippen molar-refractivity contribution >= 4 is 46.2 Å². The minimum absolute atomic E-state index is 0.0908. The normalized spacial score (nSPS) is 18.1. The second-order valence-corrected chi connectivity index (χ2v) is 9.97. The van der Waals surface area contributed by atoms with Crippen LogP contribution in [0.5, 0.6) is 5.75 Å². The highest BCUT2D eigenvalue weighted by Crippen LogP contribution is 2.38. The fraction of sp³-hybridized carbons (Fsp3) is 0.276. The molecule has 38 heavy (non-hydrogen) atoms. The highest BCUT2D eigenvalue weighted by molar-refractivity contribution is 6.31. The third-order valence-corrected chi connectivity index (χ3v) is 7.10. The van der Waals surface area contributed by atoms with Crippen LogP contribution in [0.3, 0.4) is 0 Å². The lowest BCUT2D eigenvalue weighted by Crippen LogP contribution is -2.47. The van der Waals surface area contributed by atoms with E-state index in [1.165, 1.54) is 0 Å². The molecule has 9 heteroatoms. The van der Waals surface area contributed by atoms with Crippen molar-refractivity contribution in [2.45, 2.75) is 5.92 Å². The second-order valence-electron chi connectivity index (χ2n) is 9.53. The molecule has 0 aromatic heterocycles. The topological polar surface area (TPSA) is 86.3 Å². The van der Waals surface area contributed by atoms with Crippen LogP contribution in [-0.2, 0) is 9.59 Å². The Hall–Kier alpha value is -3.72. The fourth-order valence-corrected chi connectivity index (χ4v) is 4.97. The van der Waals surface area contributed by atoms with E-state index in [2.05, 4.69) is 27.5 Å². The number of amides is 2. The quantitative estimate of drug-likeness (QED) is 0.442. The summed E-state index contributed by atoms with van der Waals surface area (Å²) in [5, 5.41) is 6.45.